The topological polar surface area (TPSA) is 50.4 Å². The number of benzene rings is 1. The molecule has 1 rings (SSSR count). The largest absolute Gasteiger partial charge is 0.413 e. The fourth-order valence-corrected chi connectivity index (χ4v) is 1.36. The fraction of sp³-hybridized carbons (Fsp3) is 0.364. The molecular weight excluding hydrogens is 228 g/mol. The second-order valence-corrected chi connectivity index (χ2v) is 3.98. The standard InChI is InChI=1S/C11H15ClN2O2/c1-8(12)10(13-2)14-11(15)16-9-6-4-3-5-7-9/h3-8,10,13H,1-2H3,(H,14,15)/t8?,10-/m0/s1. The van der Waals surface area contributed by atoms with Gasteiger partial charge in [0.15, 0.2) is 0 Å². The Labute approximate surface area is 99.9 Å². The van der Waals surface area contributed by atoms with Crippen molar-refractivity contribution < 1.29 is 9.53 Å². The van der Waals surface area contributed by atoms with Gasteiger partial charge in [0.1, 0.15) is 5.75 Å². The van der Waals surface area contributed by atoms with Gasteiger partial charge in [-0.2, -0.15) is 0 Å². The summed E-state index contributed by atoms with van der Waals surface area (Å²) in [5, 5.41) is 5.26. The number of ether oxygens (including phenoxy) is 1. The Bertz CT molecular complexity index is 330. The van der Waals surface area contributed by atoms with Crippen LogP contribution in [0, 0.1) is 0 Å². The average Bonchev–Trinajstić information content (AvgIpc) is 2.27. The van der Waals surface area contributed by atoms with Gasteiger partial charge in [0, 0.05) is 0 Å². The second kappa shape index (κ2) is 6.35. The van der Waals surface area contributed by atoms with Crippen LogP contribution in [0.2, 0.25) is 0 Å². The van der Waals surface area contributed by atoms with Crippen LogP contribution in [0.5, 0.6) is 5.75 Å². The molecule has 0 heterocycles. The number of amides is 1. The van der Waals surface area contributed by atoms with Crippen LogP contribution in [-0.4, -0.2) is 24.7 Å². The number of alkyl halides is 1. The molecule has 88 valence electrons. The van der Waals surface area contributed by atoms with Gasteiger partial charge >= 0.3 is 6.09 Å². The molecule has 2 atom stereocenters. The first-order valence-electron chi connectivity index (χ1n) is 4.98. The summed E-state index contributed by atoms with van der Waals surface area (Å²) in [5.41, 5.74) is 0. The van der Waals surface area contributed by atoms with E-state index in [2.05, 4.69) is 10.6 Å². The van der Waals surface area contributed by atoms with Gasteiger partial charge in [-0.25, -0.2) is 4.79 Å². The van der Waals surface area contributed by atoms with E-state index in [1.807, 2.05) is 6.07 Å². The van der Waals surface area contributed by atoms with Gasteiger partial charge in [-0.05, 0) is 26.1 Å². The molecule has 1 unspecified atom stereocenters. The van der Waals surface area contributed by atoms with Crippen molar-refractivity contribution in [1.82, 2.24) is 10.6 Å². The van der Waals surface area contributed by atoms with E-state index in [1.165, 1.54) is 0 Å². The molecule has 2 N–H and O–H groups in total. The molecule has 0 radical (unpaired) electrons. The smallest absolute Gasteiger partial charge is 0.410 e. The molecular formula is C11H15ClN2O2. The van der Waals surface area contributed by atoms with Crippen LogP contribution in [0.4, 0.5) is 4.79 Å². The molecule has 0 fully saturated rings. The summed E-state index contributed by atoms with van der Waals surface area (Å²) in [4.78, 5) is 11.5. The van der Waals surface area contributed by atoms with E-state index in [1.54, 1.807) is 38.2 Å². The molecule has 0 bridgehead atoms. The van der Waals surface area contributed by atoms with Crippen molar-refractivity contribution >= 4 is 17.7 Å². The van der Waals surface area contributed by atoms with Crippen molar-refractivity contribution in [3.63, 3.8) is 0 Å². The van der Waals surface area contributed by atoms with Gasteiger partial charge in [0.05, 0.1) is 11.5 Å². The molecule has 0 aliphatic heterocycles. The Kier molecular flexibility index (Phi) is 5.08. The Morgan fingerprint density at radius 1 is 1.38 bits per heavy atom. The predicted molar refractivity (Wildman–Crippen MR) is 63.8 cm³/mol. The first-order valence-corrected chi connectivity index (χ1v) is 5.42. The van der Waals surface area contributed by atoms with Gasteiger partial charge in [-0.15, -0.1) is 11.6 Å². The van der Waals surface area contributed by atoms with E-state index >= 15 is 0 Å². The van der Waals surface area contributed by atoms with Gasteiger partial charge in [0.25, 0.3) is 0 Å². The van der Waals surface area contributed by atoms with E-state index in [-0.39, 0.29) is 11.5 Å². The highest BCUT2D eigenvalue weighted by atomic mass is 35.5. The Hall–Kier alpha value is -1.26. The lowest BCUT2D eigenvalue weighted by atomic mass is 10.3. The van der Waals surface area contributed by atoms with Gasteiger partial charge in [-0.1, -0.05) is 18.2 Å². The third-order valence-electron chi connectivity index (χ3n) is 2.00. The van der Waals surface area contributed by atoms with Crippen LogP contribution in [0.25, 0.3) is 0 Å². The third kappa shape index (κ3) is 4.08. The summed E-state index contributed by atoms with van der Waals surface area (Å²) in [5.74, 6) is 0.497. The summed E-state index contributed by atoms with van der Waals surface area (Å²) in [6.07, 6.45) is -0.851. The van der Waals surface area contributed by atoms with Gasteiger partial charge in [-0.3, -0.25) is 5.32 Å². The Morgan fingerprint density at radius 3 is 2.50 bits per heavy atom. The highest BCUT2D eigenvalue weighted by Crippen LogP contribution is 2.08. The highest BCUT2D eigenvalue weighted by molar-refractivity contribution is 6.20. The maximum absolute atomic E-state index is 11.5. The van der Waals surface area contributed by atoms with E-state index in [0.29, 0.717) is 5.75 Å². The Morgan fingerprint density at radius 2 is 2.00 bits per heavy atom. The van der Waals surface area contributed by atoms with Crippen LogP contribution in [0.3, 0.4) is 0 Å². The molecule has 1 aromatic carbocycles. The minimum Gasteiger partial charge on any atom is -0.410 e. The van der Waals surface area contributed by atoms with Crippen LogP contribution < -0.4 is 15.4 Å². The molecule has 16 heavy (non-hydrogen) atoms. The molecule has 0 saturated heterocycles. The summed E-state index contributed by atoms with van der Waals surface area (Å²) in [7, 11) is 1.71. The zero-order valence-corrected chi connectivity index (χ0v) is 9.99. The third-order valence-corrected chi connectivity index (χ3v) is 2.25. The maximum atomic E-state index is 11.5. The number of halogens is 1. The number of hydrogen-bond acceptors (Lipinski definition) is 3. The van der Waals surface area contributed by atoms with Crippen molar-refractivity contribution in [2.45, 2.75) is 18.5 Å². The van der Waals surface area contributed by atoms with Crippen LogP contribution >= 0.6 is 11.6 Å². The maximum Gasteiger partial charge on any atom is 0.413 e. The molecule has 0 aromatic heterocycles. The van der Waals surface area contributed by atoms with Crippen molar-refractivity contribution in [1.29, 1.82) is 0 Å². The molecule has 0 aliphatic carbocycles. The highest BCUT2D eigenvalue weighted by Gasteiger charge is 2.16. The fourth-order valence-electron chi connectivity index (χ4n) is 1.17. The number of rotatable bonds is 4. The summed E-state index contributed by atoms with van der Waals surface area (Å²) >= 11 is 5.86. The van der Waals surface area contributed by atoms with E-state index in [9.17, 15) is 4.79 Å². The lowest BCUT2D eigenvalue weighted by molar-refractivity contribution is 0.193. The monoisotopic (exact) mass is 242 g/mol. The van der Waals surface area contributed by atoms with Gasteiger partial charge < -0.3 is 10.1 Å². The number of nitrogens with one attached hydrogen (secondary N) is 2. The predicted octanol–water partition coefficient (Wildman–Crippen LogP) is 1.95. The summed E-state index contributed by atoms with van der Waals surface area (Å²) < 4.78 is 5.05. The minimum atomic E-state index is -0.530. The SMILES string of the molecule is CN[C@@H](NC(=O)Oc1ccccc1)C(C)Cl. The first kappa shape index (κ1) is 12.8. The van der Waals surface area contributed by atoms with Gasteiger partial charge in [0.2, 0.25) is 0 Å². The van der Waals surface area contributed by atoms with E-state index in [0.717, 1.165) is 0 Å². The van der Waals surface area contributed by atoms with Crippen LogP contribution in [0.1, 0.15) is 6.92 Å². The zero-order chi connectivity index (χ0) is 12.0. The summed E-state index contributed by atoms with van der Waals surface area (Å²) in [6.45, 7) is 1.78. The summed E-state index contributed by atoms with van der Waals surface area (Å²) in [6, 6.07) is 8.85. The lowest BCUT2D eigenvalue weighted by Crippen LogP contribution is -2.49. The number of hydrogen-bond donors (Lipinski definition) is 2. The quantitative estimate of drug-likeness (QED) is 0.627. The minimum absolute atomic E-state index is 0.228. The molecule has 4 nitrogen and oxygen atoms in total. The molecule has 1 amide bonds. The van der Waals surface area contributed by atoms with Crippen molar-refractivity contribution in [2.75, 3.05) is 7.05 Å². The van der Waals surface area contributed by atoms with Crippen molar-refractivity contribution in [3.8, 4) is 5.75 Å². The average molecular weight is 243 g/mol. The normalized spacial score (nSPS) is 13.9. The van der Waals surface area contributed by atoms with Crippen LogP contribution in [0.15, 0.2) is 30.3 Å². The molecule has 5 heteroatoms. The number of carbonyl (C=O) groups excluding carboxylic acids is 1. The number of para-hydroxylation sites is 1. The molecule has 1 aromatic rings. The van der Waals surface area contributed by atoms with E-state index < -0.39 is 6.09 Å². The zero-order valence-electron chi connectivity index (χ0n) is 9.24. The Balaban J connectivity index is 2.47. The molecule has 0 spiro atoms. The molecule has 0 saturated carbocycles. The van der Waals surface area contributed by atoms with E-state index in [4.69, 9.17) is 16.3 Å². The lowest BCUT2D eigenvalue weighted by Gasteiger charge is -2.19. The van der Waals surface area contributed by atoms with Crippen molar-refractivity contribution in [2.24, 2.45) is 0 Å². The number of carbonyl (C=O) groups is 1. The van der Waals surface area contributed by atoms with Crippen molar-refractivity contribution in [3.05, 3.63) is 30.3 Å². The molecule has 0 aliphatic rings. The first-order chi connectivity index (χ1) is 7.63. The van der Waals surface area contributed by atoms with Crippen LogP contribution in [-0.2, 0) is 0 Å². The second-order valence-electron chi connectivity index (χ2n) is 3.29.